The average molecular weight is 142 g/mol. The van der Waals surface area contributed by atoms with E-state index < -0.39 is 5.97 Å². The largest absolute Gasteiger partial charge is 0.478 e. The standard InChI is InChI=1S/C8H14O2/c1-3-4-7(2)5-6-8(9)10/h5-7H,3-4H2,1-2H3,(H,9,10)/b6-5-. The quantitative estimate of drug-likeness (QED) is 0.610. The van der Waals surface area contributed by atoms with Gasteiger partial charge < -0.3 is 5.11 Å². The van der Waals surface area contributed by atoms with Crippen LogP contribution < -0.4 is 0 Å². The summed E-state index contributed by atoms with van der Waals surface area (Å²) in [7, 11) is 0. The molecule has 0 aromatic heterocycles. The number of aliphatic carboxylic acids is 1. The summed E-state index contributed by atoms with van der Waals surface area (Å²) in [6, 6.07) is 0. The van der Waals surface area contributed by atoms with Gasteiger partial charge in [0, 0.05) is 6.08 Å². The Morgan fingerprint density at radius 1 is 1.70 bits per heavy atom. The number of allylic oxidation sites excluding steroid dienone is 1. The van der Waals surface area contributed by atoms with E-state index in [-0.39, 0.29) is 0 Å². The summed E-state index contributed by atoms with van der Waals surface area (Å²) in [6.07, 6.45) is 5.10. The molecule has 0 amide bonds. The highest BCUT2D eigenvalue weighted by atomic mass is 16.4. The molecular weight excluding hydrogens is 128 g/mol. The number of rotatable bonds is 4. The molecule has 0 saturated heterocycles. The maximum Gasteiger partial charge on any atom is 0.327 e. The van der Waals surface area contributed by atoms with Gasteiger partial charge >= 0.3 is 5.97 Å². The predicted octanol–water partition coefficient (Wildman–Crippen LogP) is 2.06. The Kier molecular flexibility index (Phi) is 4.63. The second-order valence-electron chi connectivity index (χ2n) is 2.46. The molecule has 2 nitrogen and oxygen atoms in total. The van der Waals surface area contributed by atoms with Gasteiger partial charge in [-0.25, -0.2) is 4.79 Å². The summed E-state index contributed by atoms with van der Waals surface area (Å²) in [6.45, 7) is 4.11. The zero-order chi connectivity index (χ0) is 7.98. The zero-order valence-electron chi connectivity index (χ0n) is 6.50. The fourth-order valence-electron chi connectivity index (χ4n) is 0.798. The van der Waals surface area contributed by atoms with Crippen LogP contribution in [-0.4, -0.2) is 11.1 Å². The van der Waals surface area contributed by atoms with E-state index in [9.17, 15) is 4.79 Å². The third-order valence-electron chi connectivity index (χ3n) is 1.31. The number of hydrogen-bond acceptors (Lipinski definition) is 1. The van der Waals surface area contributed by atoms with Crippen LogP contribution in [0.4, 0.5) is 0 Å². The summed E-state index contributed by atoms with van der Waals surface area (Å²) in [4.78, 5) is 10.0. The number of carbonyl (C=O) groups is 1. The highest BCUT2D eigenvalue weighted by Crippen LogP contribution is 2.05. The minimum atomic E-state index is -0.858. The lowest BCUT2D eigenvalue weighted by Crippen LogP contribution is -1.91. The Hall–Kier alpha value is -0.790. The second kappa shape index (κ2) is 5.03. The molecule has 0 rings (SSSR count). The first-order chi connectivity index (χ1) is 4.66. The smallest absolute Gasteiger partial charge is 0.327 e. The van der Waals surface area contributed by atoms with Crippen LogP contribution in [0.25, 0.3) is 0 Å². The van der Waals surface area contributed by atoms with Crippen LogP contribution in [0.1, 0.15) is 26.7 Å². The van der Waals surface area contributed by atoms with Crippen molar-refractivity contribution in [1.82, 2.24) is 0 Å². The summed E-state index contributed by atoms with van der Waals surface area (Å²) in [5, 5.41) is 8.24. The number of hydrogen-bond donors (Lipinski definition) is 1. The Morgan fingerprint density at radius 2 is 2.30 bits per heavy atom. The van der Waals surface area contributed by atoms with Gasteiger partial charge in [-0.2, -0.15) is 0 Å². The summed E-state index contributed by atoms with van der Waals surface area (Å²) >= 11 is 0. The van der Waals surface area contributed by atoms with E-state index in [4.69, 9.17) is 5.11 Å². The molecule has 0 spiro atoms. The van der Waals surface area contributed by atoms with Crippen molar-refractivity contribution in [1.29, 1.82) is 0 Å². The number of carboxylic acid groups (broad SMARTS) is 1. The minimum absolute atomic E-state index is 0.390. The molecule has 0 aliphatic carbocycles. The number of carboxylic acids is 1. The van der Waals surface area contributed by atoms with Crippen molar-refractivity contribution in [3.8, 4) is 0 Å². The van der Waals surface area contributed by atoms with Crippen molar-refractivity contribution in [2.24, 2.45) is 5.92 Å². The maximum atomic E-state index is 10.0. The Morgan fingerprint density at radius 3 is 2.70 bits per heavy atom. The van der Waals surface area contributed by atoms with Crippen LogP contribution in [0.15, 0.2) is 12.2 Å². The Labute approximate surface area is 61.6 Å². The van der Waals surface area contributed by atoms with Gasteiger partial charge in [-0.3, -0.25) is 0 Å². The average Bonchev–Trinajstić information content (AvgIpc) is 1.85. The summed E-state index contributed by atoms with van der Waals surface area (Å²) in [5.74, 6) is -0.468. The topological polar surface area (TPSA) is 37.3 Å². The van der Waals surface area contributed by atoms with Gasteiger partial charge in [-0.1, -0.05) is 26.3 Å². The maximum absolute atomic E-state index is 10.0. The molecule has 0 aromatic rings. The molecular formula is C8H14O2. The van der Waals surface area contributed by atoms with E-state index in [0.29, 0.717) is 5.92 Å². The highest BCUT2D eigenvalue weighted by Gasteiger charge is 1.94. The highest BCUT2D eigenvalue weighted by molar-refractivity contribution is 5.79. The van der Waals surface area contributed by atoms with Gasteiger partial charge in [0.15, 0.2) is 0 Å². The Bertz CT molecular complexity index is 127. The van der Waals surface area contributed by atoms with Crippen molar-refractivity contribution < 1.29 is 9.90 Å². The molecule has 58 valence electrons. The molecule has 10 heavy (non-hydrogen) atoms. The van der Waals surface area contributed by atoms with E-state index >= 15 is 0 Å². The molecule has 0 radical (unpaired) electrons. The fourth-order valence-corrected chi connectivity index (χ4v) is 0.798. The van der Waals surface area contributed by atoms with Gasteiger partial charge in [0.2, 0.25) is 0 Å². The van der Waals surface area contributed by atoms with Gasteiger partial charge in [-0.05, 0) is 12.3 Å². The van der Waals surface area contributed by atoms with E-state index in [0.717, 1.165) is 12.8 Å². The van der Waals surface area contributed by atoms with Crippen molar-refractivity contribution in [2.45, 2.75) is 26.7 Å². The van der Waals surface area contributed by atoms with Gasteiger partial charge in [-0.15, -0.1) is 0 Å². The van der Waals surface area contributed by atoms with Crippen molar-refractivity contribution in [3.63, 3.8) is 0 Å². The third kappa shape index (κ3) is 5.35. The molecule has 1 N–H and O–H groups in total. The SMILES string of the molecule is CCCC(C)/C=C\C(=O)O. The lowest BCUT2D eigenvalue weighted by atomic mass is 10.1. The van der Waals surface area contributed by atoms with E-state index in [2.05, 4.69) is 6.92 Å². The molecule has 2 heteroatoms. The first kappa shape index (κ1) is 9.21. The zero-order valence-corrected chi connectivity index (χ0v) is 6.50. The van der Waals surface area contributed by atoms with Crippen LogP contribution in [-0.2, 0) is 4.79 Å². The van der Waals surface area contributed by atoms with Gasteiger partial charge in [0.25, 0.3) is 0 Å². The van der Waals surface area contributed by atoms with Crippen molar-refractivity contribution in [3.05, 3.63) is 12.2 Å². The monoisotopic (exact) mass is 142 g/mol. The van der Waals surface area contributed by atoms with Gasteiger partial charge in [0.1, 0.15) is 0 Å². The molecule has 0 fully saturated rings. The van der Waals surface area contributed by atoms with E-state index in [1.165, 1.54) is 6.08 Å². The van der Waals surface area contributed by atoms with Crippen LogP contribution >= 0.6 is 0 Å². The molecule has 1 unspecified atom stereocenters. The molecule has 0 bridgehead atoms. The molecule has 0 heterocycles. The lowest BCUT2D eigenvalue weighted by Gasteiger charge is -2.00. The van der Waals surface area contributed by atoms with E-state index in [1.807, 2.05) is 6.92 Å². The van der Waals surface area contributed by atoms with Crippen LogP contribution in [0.3, 0.4) is 0 Å². The van der Waals surface area contributed by atoms with Crippen LogP contribution in [0.2, 0.25) is 0 Å². The molecule has 1 atom stereocenters. The molecule has 0 aromatic carbocycles. The summed E-state index contributed by atoms with van der Waals surface area (Å²) in [5.41, 5.74) is 0. The molecule has 0 aliphatic heterocycles. The second-order valence-corrected chi connectivity index (χ2v) is 2.46. The fraction of sp³-hybridized carbons (Fsp3) is 0.625. The predicted molar refractivity (Wildman–Crippen MR) is 40.8 cm³/mol. The van der Waals surface area contributed by atoms with Crippen LogP contribution in [0, 0.1) is 5.92 Å². The van der Waals surface area contributed by atoms with Crippen molar-refractivity contribution in [2.75, 3.05) is 0 Å². The third-order valence-corrected chi connectivity index (χ3v) is 1.31. The van der Waals surface area contributed by atoms with E-state index in [1.54, 1.807) is 6.08 Å². The molecule has 0 aliphatic rings. The lowest BCUT2D eigenvalue weighted by molar-refractivity contribution is -0.131. The molecule has 0 saturated carbocycles. The van der Waals surface area contributed by atoms with Crippen LogP contribution in [0.5, 0.6) is 0 Å². The first-order valence-electron chi connectivity index (χ1n) is 3.58. The summed E-state index contributed by atoms with van der Waals surface area (Å²) < 4.78 is 0. The normalized spacial score (nSPS) is 13.8. The van der Waals surface area contributed by atoms with Crippen molar-refractivity contribution >= 4 is 5.97 Å². The first-order valence-corrected chi connectivity index (χ1v) is 3.58. The Balaban J connectivity index is 3.55. The van der Waals surface area contributed by atoms with Gasteiger partial charge in [0.05, 0.1) is 0 Å². The minimum Gasteiger partial charge on any atom is -0.478 e.